The zero-order valence-electron chi connectivity index (χ0n) is 20.0. The second kappa shape index (κ2) is 10.0. The SMILES string of the molecule is COc1ccccc1Cc1cc(C(=O)N2CCC[C@@H](c3cncc(-c4nccn4C)n3)C2)ccn1. The molecular formula is C27H28N6O2. The first kappa shape index (κ1) is 22.7. The number of hydrogen-bond donors (Lipinski definition) is 0. The van der Waals surface area contributed by atoms with Crippen LogP contribution in [-0.4, -0.2) is 55.5 Å². The van der Waals surface area contributed by atoms with E-state index >= 15 is 0 Å². The standard InChI is InChI=1S/C27H28N6O2/c1-32-13-11-30-26(32)24-17-28-16-23(31-24)21-7-5-12-33(18-21)27(34)20-9-10-29-22(15-20)14-19-6-3-4-8-25(19)35-2/h3-4,6,8-11,13,15-17,21H,5,7,12,14,18H2,1-2H3/t21-/m1/s1. The van der Waals surface area contributed by atoms with Crippen molar-refractivity contribution in [3.05, 3.63) is 89.9 Å². The maximum atomic E-state index is 13.4. The lowest BCUT2D eigenvalue weighted by Crippen LogP contribution is -2.39. The first-order valence-electron chi connectivity index (χ1n) is 11.8. The predicted octanol–water partition coefficient (Wildman–Crippen LogP) is 3.89. The number of ether oxygens (including phenoxy) is 1. The van der Waals surface area contributed by atoms with Crippen molar-refractivity contribution >= 4 is 5.91 Å². The number of methoxy groups -OCH3 is 1. The highest BCUT2D eigenvalue weighted by Gasteiger charge is 2.27. The summed E-state index contributed by atoms with van der Waals surface area (Å²) in [5, 5.41) is 0. The lowest BCUT2D eigenvalue weighted by Gasteiger charge is -2.32. The zero-order valence-corrected chi connectivity index (χ0v) is 20.0. The number of rotatable bonds is 6. The minimum absolute atomic E-state index is 0.0200. The third-order valence-corrected chi connectivity index (χ3v) is 6.46. The van der Waals surface area contributed by atoms with E-state index < -0.39 is 0 Å². The molecule has 1 atom stereocenters. The molecule has 0 saturated carbocycles. The molecule has 0 unspecified atom stereocenters. The Balaban J connectivity index is 1.32. The summed E-state index contributed by atoms with van der Waals surface area (Å²) in [6, 6.07) is 11.6. The van der Waals surface area contributed by atoms with Gasteiger partial charge in [0.05, 0.1) is 19.0 Å². The fourth-order valence-electron chi connectivity index (χ4n) is 4.64. The number of hydrogen-bond acceptors (Lipinski definition) is 6. The van der Waals surface area contributed by atoms with Gasteiger partial charge < -0.3 is 14.2 Å². The summed E-state index contributed by atoms with van der Waals surface area (Å²) in [7, 11) is 3.60. The number of nitrogens with zero attached hydrogens (tertiary/aromatic N) is 6. The number of carbonyl (C=O) groups is 1. The summed E-state index contributed by atoms with van der Waals surface area (Å²) in [5.74, 6) is 1.75. The van der Waals surface area contributed by atoms with Crippen LogP contribution in [0.3, 0.4) is 0 Å². The van der Waals surface area contributed by atoms with Crippen LogP contribution in [0.25, 0.3) is 11.5 Å². The third-order valence-electron chi connectivity index (χ3n) is 6.46. The van der Waals surface area contributed by atoms with Crippen LogP contribution in [0.4, 0.5) is 0 Å². The molecule has 0 aliphatic carbocycles. The molecule has 1 saturated heterocycles. The Labute approximate surface area is 204 Å². The number of carbonyl (C=O) groups excluding carboxylic acids is 1. The Kier molecular flexibility index (Phi) is 6.52. The molecule has 4 aromatic rings. The first-order valence-corrected chi connectivity index (χ1v) is 11.8. The van der Waals surface area contributed by atoms with E-state index in [9.17, 15) is 4.79 Å². The summed E-state index contributed by atoms with van der Waals surface area (Å²) >= 11 is 0. The number of pyridine rings is 1. The van der Waals surface area contributed by atoms with Crippen molar-refractivity contribution in [1.82, 2.24) is 29.4 Å². The van der Waals surface area contributed by atoms with Gasteiger partial charge in [-0.15, -0.1) is 0 Å². The minimum Gasteiger partial charge on any atom is -0.496 e. The number of aromatic nitrogens is 5. The Morgan fingerprint density at radius 3 is 2.86 bits per heavy atom. The number of aryl methyl sites for hydroxylation is 1. The van der Waals surface area contributed by atoms with Crippen LogP contribution in [0.15, 0.2) is 67.4 Å². The molecule has 0 radical (unpaired) electrons. The maximum Gasteiger partial charge on any atom is 0.253 e. The normalized spacial score (nSPS) is 15.7. The zero-order chi connectivity index (χ0) is 24.2. The van der Waals surface area contributed by atoms with E-state index in [4.69, 9.17) is 9.72 Å². The predicted molar refractivity (Wildman–Crippen MR) is 132 cm³/mol. The summed E-state index contributed by atoms with van der Waals surface area (Å²) in [6.07, 6.45) is 11.4. The van der Waals surface area contributed by atoms with Gasteiger partial charge in [0.15, 0.2) is 5.82 Å². The quantitative estimate of drug-likeness (QED) is 0.427. The highest BCUT2D eigenvalue weighted by Crippen LogP contribution is 2.28. The second-order valence-electron chi connectivity index (χ2n) is 8.81. The monoisotopic (exact) mass is 468 g/mol. The molecule has 1 aliphatic heterocycles. The average molecular weight is 469 g/mol. The van der Waals surface area contributed by atoms with Crippen LogP contribution >= 0.6 is 0 Å². The Morgan fingerprint density at radius 1 is 1.14 bits per heavy atom. The van der Waals surface area contributed by atoms with Crippen LogP contribution < -0.4 is 4.74 Å². The molecule has 1 aromatic carbocycles. The summed E-state index contributed by atoms with van der Waals surface area (Å²) in [4.78, 5) is 33.5. The molecule has 0 spiro atoms. The molecule has 3 aromatic heterocycles. The van der Waals surface area contributed by atoms with E-state index in [2.05, 4.69) is 15.0 Å². The number of amides is 1. The van der Waals surface area contributed by atoms with Gasteiger partial charge in [-0.25, -0.2) is 9.97 Å². The summed E-state index contributed by atoms with van der Waals surface area (Å²) in [6.45, 7) is 1.34. The number of para-hydroxylation sites is 1. The van der Waals surface area contributed by atoms with Gasteiger partial charge in [0.25, 0.3) is 5.91 Å². The van der Waals surface area contributed by atoms with Crippen molar-refractivity contribution in [2.24, 2.45) is 7.05 Å². The minimum atomic E-state index is 0.0200. The van der Waals surface area contributed by atoms with Gasteiger partial charge in [-0.3, -0.25) is 14.8 Å². The van der Waals surface area contributed by atoms with Crippen LogP contribution in [0, 0.1) is 0 Å². The largest absolute Gasteiger partial charge is 0.496 e. The Hall–Kier alpha value is -4.07. The number of likely N-dealkylation sites (tertiary alicyclic amines) is 1. The smallest absolute Gasteiger partial charge is 0.253 e. The number of imidazole rings is 1. The molecule has 178 valence electrons. The fraction of sp³-hybridized carbons (Fsp3) is 0.296. The summed E-state index contributed by atoms with van der Waals surface area (Å²) in [5.41, 5.74) is 4.17. The van der Waals surface area contributed by atoms with Gasteiger partial charge in [-0.05, 0) is 31.0 Å². The van der Waals surface area contributed by atoms with E-state index in [0.717, 1.165) is 53.6 Å². The van der Waals surface area contributed by atoms with Crippen LogP contribution in [0.1, 0.15) is 46.1 Å². The Bertz CT molecular complexity index is 1330. The van der Waals surface area contributed by atoms with Crippen LogP contribution in [-0.2, 0) is 13.5 Å². The van der Waals surface area contributed by atoms with Gasteiger partial charge in [0, 0.05) is 74.1 Å². The average Bonchev–Trinajstić information content (AvgIpc) is 3.34. The van der Waals surface area contributed by atoms with Gasteiger partial charge in [0.2, 0.25) is 0 Å². The van der Waals surface area contributed by atoms with Gasteiger partial charge in [-0.1, -0.05) is 18.2 Å². The van der Waals surface area contributed by atoms with Gasteiger partial charge >= 0.3 is 0 Å². The van der Waals surface area contributed by atoms with E-state index in [-0.39, 0.29) is 11.8 Å². The van der Waals surface area contributed by atoms with Crippen LogP contribution in [0.5, 0.6) is 5.75 Å². The molecule has 0 bridgehead atoms. The molecular weight excluding hydrogens is 440 g/mol. The van der Waals surface area contributed by atoms with Crippen molar-refractivity contribution in [2.45, 2.75) is 25.2 Å². The van der Waals surface area contributed by atoms with Crippen molar-refractivity contribution in [2.75, 3.05) is 20.2 Å². The molecule has 4 heterocycles. The van der Waals surface area contributed by atoms with E-state index in [1.54, 1.807) is 31.8 Å². The van der Waals surface area contributed by atoms with E-state index in [0.29, 0.717) is 18.5 Å². The fourth-order valence-corrected chi connectivity index (χ4v) is 4.64. The second-order valence-corrected chi connectivity index (χ2v) is 8.81. The lowest BCUT2D eigenvalue weighted by atomic mass is 9.94. The lowest BCUT2D eigenvalue weighted by molar-refractivity contribution is 0.0705. The highest BCUT2D eigenvalue weighted by molar-refractivity contribution is 5.94. The highest BCUT2D eigenvalue weighted by atomic mass is 16.5. The van der Waals surface area contributed by atoms with Crippen molar-refractivity contribution in [3.63, 3.8) is 0 Å². The molecule has 1 fully saturated rings. The van der Waals surface area contributed by atoms with Gasteiger partial charge in [0.1, 0.15) is 11.4 Å². The first-order chi connectivity index (χ1) is 17.1. The third kappa shape index (κ3) is 4.91. The van der Waals surface area contributed by atoms with E-state index in [1.807, 2.05) is 59.2 Å². The molecule has 8 heteroatoms. The molecule has 1 aliphatic rings. The van der Waals surface area contributed by atoms with E-state index in [1.165, 1.54) is 0 Å². The van der Waals surface area contributed by atoms with Crippen molar-refractivity contribution in [1.29, 1.82) is 0 Å². The summed E-state index contributed by atoms with van der Waals surface area (Å²) < 4.78 is 7.39. The number of piperidine rings is 1. The number of benzene rings is 1. The van der Waals surface area contributed by atoms with Crippen molar-refractivity contribution in [3.8, 4) is 17.3 Å². The molecule has 0 N–H and O–H groups in total. The van der Waals surface area contributed by atoms with Gasteiger partial charge in [-0.2, -0.15) is 0 Å². The topological polar surface area (TPSA) is 86.0 Å². The molecule has 35 heavy (non-hydrogen) atoms. The maximum absolute atomic E-state index is 13.4. The van der Waals surface area contributed by atoms with Crippen molar-refractivity contribution < 1.29 is 9.53 Å². The Morgan fingerprint density at radius 2 is 2.03 bits per heavy atom. The molecule has 8 nitrogen and oxygen atoms in total. The van der Waals surface area contributed by atoms with Crippen LogP contribution in [0.2, 0.25) is 0 Å². The molecule has 1 amide bonds. The molecule has 5 rings (SSSR count).